The zero-order valence-electron chi connectivity index (χ0n) is 10.6. The van der Waals surface area contributed by atoms with Crippen LogP contribution in [-0.4, -0.2) is 17.2 Å². The van der Waals surface area contributed by atoms with Crippen molar-refractivity contribution in [1.82, 2.24) is 0 Å². The molecule has 18 heavy (non-hydrogen) atoms. The van der Waals surface area contributed by atoms with Crippen LogP contribution in [0.3, 0.4) is 0 Å². The molecular weight excluding hydrogens is 244 g/mol. The fraction of sp³-hybridized carbons (Fsp3) is 0.467. The Labute approximate surface area is 112 Å². The molecule has 0 amide bonds. The number of carbonyl (C=O) groups is 2. The molecule has 1 aliphatic carbocycles. The summed E-state index contributed by atoms with van der Waals surface area (Å²) in [5.41, 5.74) is 2.82. The molecule has 1 aromatic rings. The van der Waals surface area contributed by atoms with E-state index in [4.69, 9.17) is 0 Å². The first-order chi connectivity index (χ1) is 8.70. The number of rotatable bonds is 5. The number of thioether (sulfide) groups is 1. The van der Waals surface area contributed by atoms with Crippen molar-refractivity contribution in [2.75, 3.05) is 5.75 Å². The predicted octanol–water partition coefficient (Wildman–Crippen LogP) is 3.20. The van der Waals surface area contributed by atoms with Gasteiger partial charge in [0, 0.05) is 18.6 Å². The van der Waals surface area contributed by atoms with E-state index in [1.54, 1.807) is 6.92 Å². The van der Waals surface area contributed by atoms with Crippen LogP contribution in [0.5, 0.6) is 0 Å². The van der Waals surface area contributed by atoms with Crippen molar-refractivity contribution < 1.29 is 9.59 Å². The van der Waals surface area contributed by atoms with Gasteiger partial charge in [0.1, 0.15) is 6.29 Å². The van der Waals surface area contributed by atoms with Crippen molar-refractivity contribution in [3.05, 3.63) is 35.4 Å². The molecule has 0 saturated carbocycles. The van der Waals surface area contributed by atoms with Gasteiger partial charge in [-0.1, -0.05) is 36.0 Å². The van der Waals surface area contributed by atoms with Crippen molar-refractivity contribution in [2.45, 2.75) is 32.1 Å². The lowest BCUT2D eigenvalue weighted by Crippen LogP contribution is -2.11. The second kappa shape index (κ2) is 6.19. The van der Waals surface area contributed by atoms with E-state index in [1.807, 2.05) is 0 Å². The van der Waals surface area contributed by atoms with E-state index in [0.29, 0.717) is 11.7 Å². The molecule has 3 heteroatoms. The Balaban J connectivity index is 1.97. The van der Waals surface area contributed by atoms with Gasteiger partial charge < -0.3 is 4.79 Å². The molecule has 0 radical (unpaired) electrons. The Morgan fingerprint density at radius 2 is 2.28 bits per heavy atom. The van der Waals surface area contributed by atoms with E-state index in [0.717, 1.165) is 25.5 Å². The monoisotopic (exact) mass is 262 g/mol. The maximum atomic E-state index is 11.1. The van der Waals surface area contributed by atoms with Gasteiger partial charge in [0.15, 0.2) is 5.12 Å². The van der Waals surface area contributed by atoms with E-state index in [2.05, 4.69) is 24.3 Å². The summed E-state index contributed by atoms with van der Waals surface area (Å²) in [6, 6.07) is 8.49. The van der Waals surface area contributed by atoms with Crippen LogP contribution in [0, 0.1) is 5.92 Å². The van der Waals surface area contributed by atoms with Gasteiger partial charge in [-0.15, -0.1) is 0 Å². The van der Waals surface area contributed by atoms with Gasteiger partial charge in [0.2, 0.25) is 0 Å². The van der Waals surface area contributed by atoms with E-state index in [-0.39, 0.29) is 11.0 Å². The lowest BCUT2D eigenvalue weighted by atomic mass is 9.91. The number of aldehydes is 1. The lowest BCUT2D eigenvalue weighted by Gasteiger charge is -2.15. The Morgan fingerprint density at radius 1 is 1.50 bits per heavy atom. The van der Waals surface area contributed by atoms with Crippen LogP contribution in [0.25, 0.3) is 0 Å². The van der Waals surface area contributed by atoms with Crippen LogP contribution in [0.2, 0.25) is 0 Å². The quantitative estimate of drug-likeness (QED) is 0.764. The Hall–Kier alpha value is -1.09. The van der Waals surface area contributed by atoms with Crippen molar-refractivity contribution in [2.24, 2.45) is 5.92 Å². The zero-order valence-corrected chi connectivity index (χ0v) is 11.4. The molecule has 0 aliphatic heterocycles. The molecule has 0 N–H and O–H groups in total. The van der Waals surface area contributed by atoms with Gasteiger partial charge in [0.25, 0.3) is 0 Å². The van der Waals surface area contributed by atoms with Crippen LogP contribution in [0.4, 0.5) is 0 Å². The first-order valence-electron chi connectivity index (χ1n) is 6.37. The Kier molecular flexibility index (Phi) is 4.59. The fourth-order valence-corrected chi connectivity index (χ4v) is 3.31. The highest BCUT2D eigenvalue weighted by Crippen LogP contribution is 2.37. The van der Waals surface area contributed by atoms with E-state index in [1.165, 1.54) is 22.9 Å². The minimum atomic E-state index is -0.00458. The molecular formula is C15H18O2S. The number of benzene rings is 1. The molecule has 96 valence electrons. The van der Waals surface area contributed by atoms with Crippen LogP contribution in [0.15, 0.2) is 24.3 Å². The highest BCUT2D eigenvalue weighted by molar-refractivity contribution is 8.13. The summed E-state index contributed by atoms with van der Waals surface area (Å²) < 4.78 is 0. The highest BCUT2D eigenvalue weighted by Gasteiger charge is 2.25. The minimum Gasteiger partial charge on any atom is -0.303 e. The number of hydrogen-bond donors (Lipinski definition) is 0. The maximum Gasteiger partial charge on any atom is 0.185 e. The average Bonchev–Trinajstić information content (AvgIpc) is 2.77. The molecule has 2 unspecified atom stereocenters. The molecule has 1 aromatic carbocycles. The Bertz CT molecular complexity index is 442. The first kappa shape index (κ1) is 13.3. The molecule has 2 atom stereocenters. The standard InChI is InChI=1S/C15H18O2S/c1-11(17)18-10-12(9-16)8-14-7-6-13-4-2-3-5-15(13)14/h2-5,9,12,14H,6-8,10H2,1H3. The van der Waals surface area contributed by atoms with Crippen LogP contribution >= 0.6 is 11.8 Å². The topological polar surface area (TPSA) is 34.1 Å². The summed E-state index contributed by atoms with van der Waals surface area (Å²) in [6.07, 6.45) is 4.14. The number of fused-ring (bicyclic) bond motifs is 1. The highest BCUT2D eigenvalue weighted by atomic mass is 32.2. The molecule has 0 bridgehead atoms. The second-order valence-electron chi connectivity index (χ2n) is 4.87. The molecule has 1 aliphatic rings. The largest absolute Gasteiger partial charge is 0.303 e. The summed E-state index contributed by atoms with van der Waals surface area (Å²) in [6.45, 7) is 1.55. The van der Waals surface area contributed by atoms with Crippen molar-refractivity contribution >= 4 is 23.2 Å². The number of hydrogen-bond acceptors (Lipinski definition) is 3. The third-order valence-electron chi connectivity index (χ3n) is 3.54. The molecule has 2 nitrogen and oxygen atoms in total. The normalized spacial score (nSPS) is 19.3. The fourth-order valence-electron chi connectivity index (χ4n) is 2.64. The van der Waals surface area contributed by atoms with Crippen molar-refractivity contribution in [3.63, 3.8) is 0 Å². The van der Waals surface area contributed by atoms with E-state index < -0.39 is 0 Å². The van der Waals surface area contributed by atoms with E-state index >= 15 is 0 Å². The van der Waals surface area contributed by atoms with Crippen molar-refractivity contribution in [1.29, 1.82) is 0 Å². The predicted molar refractivity (Wildman–Crippen MR) is 74.8 cm³/mol. The summed E-state index contributed by atoms with van der Waals surface area (Å²) in [7, 11) is 0. The average molecular weight is 262 g/mol. The van der Waals surface area contributed by atoms with Gasteiger partial charge in [-0.25, -0.2) is 0 Å². The third-order valence-corrected chi connectivity index (χ3v) is 4.54. The van der Waals surface area contributed by atoms with Crippen LogP contribution < -0.4 is 0 Å². The maximum absolute atomic E-state index is 11.1. The van der Waals surface area contributed by atoms with Gasteiger partial charge in [-0.2, -0.15) is 0 Å². The minimum absolute atomic E-state index is 0.00458. The second-order valence-corrected chi connectivity index (χ2v) is 6.07. The van der Waals surface area contributed by atoms with Crippen LogP contribution in [-0.2, 0) is 16.0 Å². The molecule has 0 saturated heterocycles. The SMILES string of the molecule is CC(=O)SCC(C=O)CC1CCc2ccccc21. The number of carbonyl (C=O) groups excluding carboxylic acids is 2. The molecule has 2 rings (SSSR count). The molecule has 0 fully saturated rings. The number of aryl methyl sites for hydroxylation is 1. The smallest absolute Gasteiger partial charge is 0.185 e. The first-order valence-corrected chi connectivity index (χ1v) is 7.35. The van der Waals surface area contributed by atoms with Crippen molar-refractivity contribution in [3.8, 4) is 0 Å². The van der Waals surface area contributed by atoms with Gasteiger partial charge >= 0.3 is 0 Å². The summed E-state index contributed by atoms with van der Waals surface area (Å²) in [5, 5.41) is 0.0914. The molecule has 0 heterocycles. The van der Waals surface area contributed by atoms with Gasteiger partial charge in [0.05, 0.1) is 0 Å². The molecule has 0 spiro atoms. The van der Waals surface area contributed by atoms with Gasteiger partial charge in [-0.05, 0) is 36.3 Å². The summed E-state index contributed by atoms with van der Waals surface area (Å²) >= 11 is 1.26. The summed E-state index contributed by atoms with van der Waals surface area (Å²) in [4.78, 5) is 22.0. The Morgan fingerprint density at radius 3 is 3.00 bits per heavy atom. The molecule has 0 aromatic heterocycles. The summed E-state index contributed by atoms with van der Waals surface area (Å²) in [5.74, 6) is 1.11. The lowest BCUT2D eigenvalue weighted by molar-refractivity contribution is -0.110. The van der Waals surface area contributed by atoms with E-state index in [9.17, 15) is 9.59 Å². The third kappa shape index (κ3) is 3.22. The van der Waals surface area contributed by atoms with Crippen LogP contribution in [0.1, 0.15) is 36.8 Å². The van der Waals surface area contributed by atoms with Gasteiger partial charge in [-0.3, -0.25) is 4.79 Å². The zero-order chi connectivity index (χ0) is 13.0.